The SMILES string of the molecule is CC(C)c1cccc(C(C)C)c1-c1ccc2c3c(-c4ccccc4)c4cc5c6ccccc6c6cccc(c4c(-c4ccccc4)c3c3cccc1c23)c65. The van der Waals surface area contributed by atoms with Crippen molar-refractivity contribution in [3.05, 3.63) is 169 Å². The van der Waals surface area contributed by atoms with E-state index in [1.165, 1.54) is 120 Å². The second-order valence-corrected chi connectivity index (χ2v) is 15.9. The summed E-state index contributed by atoms with van der Waals surface area (Å²) in [5.41, 5.74) is 10.7. The maximum Gasteiger partial charge on any atom is -0.000719 e. The van der Waals surface area contributed by atoms with Gasteiger partial charge < -0.3 is 0 Å². The van der Waals surface area contributed by atoms with E-state index >= 15 is 0 Å². The van der Waals surface area contributed by atoms with Crippen LogP contribution in [-0.4, -0.2) is 0 Å². The van der Waals surface area contributed by atoms with Crippen LogP contribution >= 0.6 is 0 Å². The quantitative estimate of drug-likeness (QED) is 0.158. The van der Waals surface area contributed by atoms with Gasteiger partial charge in [0.25, 0.3) is 0 Å². The molecule has 256 valence electrons. The fourth-order valence-electron chi connectivity index (χ4n) is 10.1. The second kappa shape index (κ2) is 11.6. The zero-order valence-corrected chi connectivity index (χ0v) is 31.2. The van der Waals surface area contributed by atoms with E-state index in [-0.39, 0.29) is 0 Å². The lowest BCUT2D eigenvalue weighted by Gasteiger charge is -2.21. The number of rotatable bonds is 5. The van der Waals surface area contributed by atoms with E-state index in [0.717, 1.165) is 0 Å². The van der Waals surface area contributed by atoms with Crippen molar-refractivity contribution < 1.29 is 0 Å². The minimum atomic E-state index is 0.412. The molecule has 0 unspecified atom stereocenters. The predicted octanol–water partition coefficient (Wildman–Crippen LogP) is 15.9. The molecule has 0 fully saturated rings. The molecule has 0 amide bonds. The van der Waals surface area contributed by atoms with Crippen molar-refractivity contribution in [1.29, 1.82) is 0 Å². The first-order valence-corrected chi connectivity index (χ1v) is 19.5. The summed E-state index contributed by atoms with van der Waals surface area (Å²) >= 11 is 0. The van der Waals surface area contributed by atoms with E-state index in [4.69, 9.17) is 0 Å². The Bertz CT molecular complexity index is 3210. The van der Waals surface area contributed by atoms with Gasteiger partial charge >= 0.3 is 0 Å². The number of fused-ring (bicyclic) bond motifs is 8. The summed E-state index contributed by atoms with van der Waals surface area (Å²) in [4.78, 5) is 0. The van der Waals surface area contributed by atoms with Crippen LogP contribution in [0.2, 0.25) is 0 Å². The highest BCUT2D eigenvalue weighted by Crippen LogP contribution is 2.55. The molecule has 11 aromatic rings. The molecule has 0 atom stereocenters. The van der Waals surface area contributed by atoms with Crippen LogP contribution in [0.25, 0.3) is 109 Å². The van der Waals surface area contributed by atoms with Gasteiger partial charge in [-0.05, 0) is 138 Å². The Kier molecular flexibility index (Phi) is 6.74. The van der Waals surface area contributed by atoms with Gasteiger partial charge in [-0.15, -0.1) is 0 Å². The molecule has 0 bridgehead atoms. The van der Waals surface area contributed by atoms with E-state index in [9.17, 15) is 0 Å². The minimum Gasteiger partial charge on any atom is -0.0622 e. The van der Waals surface area contributed by atoms with Crippen LogP contribution in [-0.2, 0) is 0 Å². The Hall–Kier alpha value is -6.24. The Morgan fingerprint density at radius 2 is 0.741 bits per heavy atom. The molecule has 0 heteroatoms. The summed E-state index contributed by atoms with van der Waals surface area (Å²) in [5, 5.41) is 18.7. The monoisotopic (exact) mass is 688 g/mol. The molecule has 0 saturated heterocycles. The minimum absolute atomic E-state index is 0.412. The van der Waals surface area contributed by atoms with Crippen LogP contribution in [0.1, 0.15) is 50.7 Å². The van der Waals surface area contributed by atoms with E-state index < -0.39 is 0 Å². The lowest BCUT2D eigenvalue weighted by Crippen LogP contribution is -2.00. The average Bonchev–Trinajstić information content (AvgIpc) is 3.72. The number of benzene rings is 9. The van der Waals surface area contributed by atoms with Crippen molar-refractivity contribution in [2.24, 2.45) is 0 Å². The smallest absolute Gasteiger partial charge is 0.000719 e. The van der Waals surface area contributed by atoms with Crippen LogP contribution in [0.15, 0.2) is 158 Å². The van der Waals surface area contributed by atoms with Gasteiger partial charge in [-0.2, -0.15) is 0 Å². The summed E-state index contributed by atoms with van der Waals surface area (Å²) in [6, 6.07) is 59.7. The molecule has 54 heavy (non-hydrogen) atoms. The van der Waals surface area contributed by atoms with Crippen LogP contribution in [0.5, 0.6) is 0 Å². The van der Waals surface area contributed by atoms with Crippen molar-refractivity contribution in [2.75, 3.05) is 0 Å². The predicted molar refractivity (Wildman–Crippen MR) is 236 cm³/mol. The maximum atomic E-state index is 2.53. The zero-order valence-electron chi connectivity index (χ0n) is 31.2. The van der Waals surface area contributed by atoms with Gasteiger partial charge in [-0.1, -0.05) is 179 Å². The van der Waals surface area contributed by atoms with Crippen molar-refractivity contribution in [3.63, 3.8) is 0 Å². The van der Waals surface area contributed by atoms with Gasteiger partial charge in [0, 0.05) is 0 Å². The fourth-order valence-corrected chi connectivity index (χ4v) is 10.1. The maximum absolute atomic E-state index is 2.53. The Labute approximate surface area is 316 Å². The van der Waals surface area contributed by atoms with Gasteiger partial charge in [0.15, 0.2) is 0 Å². The molecular weight excluding hydrogens is 649 g/mol. The highest BCUT2D eigenvalue weighted by molar-refractivity contribution is 6.45. The summed E-state index contributed by atoms with van der Waals surface area (Å²) in [6.07, 6.45) is 0. The number of hydrogen-bond donors (Lipinski definition) is 0. The van der Waals surface area contributed by atoms with E-state index in [1.807, 2.05) is 0 Å². The highest BCUT2D eigenvalue weighted by Gasteiger charge is 2.27. The normalized spacial score (nSPS) is 12.4. The van der Waals surface area contributed by atoms with Crippen molar-refractivity contribution in [3.8, 4) is 33.4 Å². The molecule has 0 aliphatic carbocycles. The molecule has 0 radical (unpaired) electrons. The third-order valence-corrected chi connectivity index (χ3v) is 12.3. The molecule has 0 nitrogen and oxygen atoms in total. The second-order valence-electron chi connectivity index (χ2n) is 15.9. The highest BCUT2D eigenvalue weighted by atomic mass is 14.3. The third-order valence-electron chi connectivity index (χ3n) is 12.3. The van der Waals surface area contributed by atoms with Gasteiger partial charge in [-0.25, -0.2) is 0 Å². The lowest BCUT2D eigenvalue weighted by atomic mass is 9.83. The van der Waals surface area contributed by atoms with Crippen molar-refractivity contribution in [1.82, 2.24) is 0 Å². The average molecular weight is 689 g/mol. The first-order valence-electron chi connectivity index (χ1n) is 19.5. The molecule has 11 rings (SSSR count). The molecule has 0 heterocycles. The van der Waals surface area contributed by atoms with Gasteiger partial charge in [-0.3, -0.25) is 0 Å². The van der Waals surface area contributed by atoms with Crippen LogP contribution in [0.3, 0.4) is 0 Å². The molecule has 0 aromatic heterocycles. The topological polar surface area (TPSA) is 0 Å². The molecule has 11 aromatic carbocycles. The van der Waals surface area contributed by atoms with Crippen LogP contribution in [0, 0.1) is 0 Å². The van der Waals surface area contributed by atoms with Crippen molar-refractivity contribution >= 4 is 75.4 Å². The Balaban J connectivity index is 1.43. The van der Waals surface area contributed by atoms with E-state index in [0.29, 0.717) is 11.8 Å². The summed E-state index contributed by atoms with van der Waals surface area (Å²) < 4.78 is 0. The zero-order chi connectivity index (χ0) is 36.2. The molecule has 0 aliphatic heterocycles. The third kappa shape index (κ3) is 4.20. The summed E-state index contributed by atoms with van der Waals surface area (Å²) in [5.74, 6) is 0.823. The van der Waals surface area contributed by atoms with E-state index in [2.05, 4.69) is 185 Å². The molecule has 0 N–H and O–H groups in total. The van der Waals surface area contributed by atoms with Crippen molar-refractivity contribution in [2.45, 2.75) is 39.5 Å². The summed E-state index contributed by atoms with van der Waals surface area (Å²) in [6.45, 7) is 9.33. The molecule has 0 aliphatic rings. The van der Waals surface area contributed by atoms with Gasteiger partial charge in [0.2, 0.25) is 0 Å². The van der Waals surface area contributed by atoms with Crippen LogP contribution < -0.4 is 0 Å². The Morgan fingerprint density at radius 3 is 1.39 bits per heavy atom. The fraction of sp³-hybridized carbons (Fsp3) is 0.111. The van der Waals surface area contributed by atoms with E-state index in [1.54, 1.807) is 0 Å². The first kappa shape index (κ1) is 31.3. The number of hydrogen-bond acceptors (Lipinski definition) is 0. The Morgan fingerprint density at radius 1 is 0.278 bits per heavy atom. The van der Waals surface area contributed by atoms with Gasteiger partial charge in [0.05, 0.1) is 0 Å². The molecule has 0 saturated carbocycles. The van der Waals surface area contributed by atoms with Gasteiger partial charge in [0.1, 0.15) is 0 Å². The lowest BCUT2D eigenvalue weighted by molar-refractivity contribution is 0.838. The molecular formula is C54H40. The van der Waals surface area contributed by atoms with Crippen LogP contribution in [0.4, 0.5) is 0 Å². The summed E-state index contributed by atoms with van der Waals surface area (Å²) in [7, 11) is 0. The largest absolute Gasteiger partial charge is 0.0622 e. The molecule has 0 spiro atoms. The standard InChI is InChI=1S/C54H40/c1-31(2)35-22-13-23-36(32(3)4)49(35)41-28-29-44-50-40(41)25-15-27-43(50)54-48(34-18-9-6-10-19-34)52-42-26-14-24-39-37-20-11-12-21-38(37)45(51(39)42)30-46(52)47(53(44)54)33-16-7-5-8-17-33/h5-32H,1-4H3. The first-order chi connectivity index (χ1) is 26.5.